The third kappa shape index (κ3) is 2.75. The van der Waals surface area contributed by atoms with Crippen molar-refractivity contribution in [3.05, 3.63) is 36.2 Å². The molecule has 0 N–H and O–H groups in total. The molecule has 1 aliphatic heterocycles. The third-order valence-corrected chi connectivity index (χ3v) is 4.48. The number of rotatable bonds is 4. The minimum Gasteiger partial charge on any atom is -0.342 e. The first-order valence-corrected chi connectivity index (χ1v) is 7.96. The smallest absolute Gasteiger partial charge is 0.257 e. The lowest BCUT2D eigenvalue weighted by atomic mass is 10.1. The highest BCUT2D eigenvalue weighted by Gasteiger charge is 2.36. The highest BCUT2D eigenvalue weighted by molar-refractivity contribution is 5.81. The zero-order chi connectivity index (χ0) is 14.9. The standard InChI is InChI=1S/C17H19N3O2/c21-17(14-6-7-14)20-9-8-12(11-20)10-15-18-16(22-19-15)13-4-2-1-3-5-13/h1-5,12,14H,6-11H2. The molecule has 0 spiro atoms. The summed E-state index contributed by atoms with van der Waals surface area (Å²) >= 11 is 0. The van der Waals surface area contributed by atoms with Crippen LogP contribution in [-0.2, 0) is 11.2 Å². The fourth-order valence-electron chi connectivity index (χ4n) is 3.08. The van der Waals surface area contributed by atoms with Gasteiger partial charge in [0.2, 0.25) is 5.91 Å². The Morgan fingerprint density at radius 3 is 2.82 bits per heavy atom. The van der Waals surface area contributed by atoms with E-state index in [9.17, 15) is 4.79 Å². The third-order valence-electron chi connectivity index (χ3n) is 4.48. The van der Waals surface area contributed by atoms with Crippen LogP contribution in [0.3, 0.4) is 0 Å². The van der Waals surface area contributed by atoms with Crippen LogP contribution in [0.1, 0.15) is 25.1 Å². The van der Waals surface area contributed by atoms with E-state index >= 15 is 0 Å². The zero-order valence-electron chi connectivity index (χ0n) is 12.4. The average molecular weight is 297 g/mol. The number of hydrogen-bond donors (Lipinski definition) is 0. The number of nitrogens with zero attached hydrogens (tertiary/aromatic N) is 3. The first kappa shape index (κ1) is 13.5. The highest BCUT2D eigenvalue weighted by atomic mass is 16.5. The molecule has 2 fully saturated rings. The van der Waals surface area contributed by atoms with Gasteiger partial charge < -0.3 is 9.42 Å². The summed E-state index contributed by atoms with van der Waals surface area (Å²) in [5.74, 6) is 2.42. The van der Waals surface area contributed by atoms with E-state index < -0.39 is 0 Å². The molecule has 114 valence electrons. The van der Waals surface area contributed by atoms with Gasteiger partial charge in [-0.05, 0) is 37.3 Å². The second-order valence-electron chi connectivity index (χ2n) is 6.30. The largest absolute Gasteiger partial charge is 0.342 e. The molecule has 1 saturated heterocycles. The van der Waals surface area contributed by atoms with E-state index in [0.29, 0.717) is 23.6 Å². The Morgan fingerprint density at radius 1 is 1.23 bits per heavy atom. The molecule has 2 aromatic rings. The maximum atomic E-state index is 12.1. The summed E-state index contributed by atoms with van der Waals surface area (Å²) in [6.07, 6.45) is 3.97. The molecule has 1 unspecified atom stereocenters. The van der Waals surface area contributed by atoms with Gasteiger partial charge in [-0.2, -0.15) is 4.98 Å². The highest BCUT2D eigenvalue weighted by Crippen LogP contribution is 2.33. The Bertz CT molecular complexity index is 664. The first-order chi connectivity index (χ1) is 10.8. The molecule has 1 atom stereocenters. The van der Waals surface area contributed by atoms with Crippen LogP contribution in [0.4, 0.5) is 0 Å². The average Bonchev–Trinajstić information content (AvgIpc) is 3.13. The molecule has 0 bridgehead atoms. The molecule has 22 heavy (non-hydrogen) atoms. The molecule has 5 nitrogen and oxygen atoms in total. The molecule has 1 saturated carbocycles. The normalized spacial score (nSPS) is 21.3. The van der Waals surface area contributed by atoms with Gasteiger partial charge in [-0.1, -0.05) is 23.4 Å². The van der Waals surface area contributed by atoms with Crippen molar-refractivity contribution in [3.63, 3.8) is 0 Å². The number of aromatic nitrogens is 2. The van der Waals surface area contributed by atoms with Gasteiger partial charge in [0.05, 0.1) is 0 Å². The summed E-state index contributed by atoms with van der Waals surface area (Å²) < 4.78 is 5.34. The van der Waals surface area contributed by atoms with Crippen LogP contribution < -0.4 is 0 Å². The van der Waals surface area contributed by atoms with Gasteiger partial charge in [0.1, 0.15) is 0 Å². The second kappa shape index (κ2) is 5.55. The van der Waals surface area contributed by atoms with Crippen molar-refractivity contribution < 1.29 is 9.32 Å². The van der Waals surface area contributed by atoms with E-state index in [0.717, 1.165) is 50.2 Å². The van der Waals surface area contributed by atoms with Crippen LogP contribution in [0.25, 0.3) is 11.5 Å². The lowest BCUT2D eigenvalue weighted by Gasteiger charge is -2.15. The van der Waals surface area contributed by atoms with Gasteiger partial charge in [0.25, 0.3) is 5.89 Å². The van der Waals surface area contributed by atoms with E-state index in [2.05, 4.69) is 10.1 Å². The van der Waals surface area contributed by atoms with Crippen LogP contribution in [0.15, 0.2) is 34.9 Å². The number of amides is 1. The minimum absolute atomic E-state index is 0.314. The van der Waals surface area contributed by atoms with Gasteiger partial charge in [-0.3, -0.25) is 4.79 Å². The van der Waals surface area contributed by atoms with Crippen molar-refractivity contribution in [2.24, 2.45) is 11.8 Å². The Labute approximate surface area is 129 Å². The van der Waals surface area contributed by atoms with Gasteiger partial charge >= 0.3 is 0 Å². The van der Waals surface area contributed by atoms with Crippen LogP contribution in [0, 0.1) is 11.8 Å². The quantitative estimate of drug-likeness (QED) is 0.870. The van der Waals surface area contributed by atoms with Crippen LogP contribution in [0.2, 0.25) is 0 Å². The van der Waals surface area contributed by atoms with Crippen molar-refractivity contribution in [1.29, 1.82) is 0 Å². The van der Waals surface area contributed by atoms with Crippen LogP contribution in [-0.4, -0.2) is 34.0 Å². The van der Waals surface area contributed by atoms with Crippen molar-refractivity contribution in [2.75, 3.05) is 13.1 Å². The van der Waals surface area contributed by atoms with Crippen molar-refractivity contribution >= 4 is 5.91 Å². The molecular weight excluding hydrogens is 278 g/mol. The molecular formula is C17H19N3O2. The summed E-state index contributed by atoms with van der Waals surface area (Å²) in [4.78, 5) is 18.6. The van der Waals surface area contributed by atoms with Gasteiger partial charge in [-0.25, -0.2) is 0 Å². The molecule has 1 aromatic heterocycles. The molecule has 1 aliphatic carbocycles. The predicted molar refractivity (Wildman–Crippen MR) is 80.8 cm³/mol. The van der Waals surface area contributed by atoms with E-state index in [1.54, 1.807) is 0 Å². The summed E-state index contributed by atoms with van der Waals surface area (Å²) in [7, 11) is 0. The number of likely N-dealkylation sites (tertiary alicyclic amines) is 1. The molecule has 2 heterocycles. The Hall–Kier alpha value is -2.17. The Kier molecular flexibility index (Phi) is 3.41. The molecule has 0 radical (unpaired) electrons. The molecule has 1 aromatic carbocycles. The van der Waals surface area contributed by atoms with Gasteiger partial charge in [-0.15, -0.1) is 0 Å². The molecule has 4 rings (SSSR count). The van der Waals surface area contributed by atoms with Crippen molar-refractivity contribution in [2.45, 2.75) is 25.7 Å². The monoisotopic (exact) mass is 297 g/mol. The summed E-state index contributed by atoms with van der Waals surface area (Å²) in [6.45, 7) is 1.72. The lowest BCUT2D eigenvalue weighted by Crippen LogP contribution is -2.30. The maximum absolute atomic E-state index is 12.1. The van der Waals surface area contributed by atoms with Crippen molar-refractivity contribution in [3.8, 4) is 11.5 Å². The number of carbonyl (C=O) groups is 1. The topological polar surface area (TPSA) is 59.2 Å². The zero-order valence-corrected chi connectivity index (χ0v) is 12.4. The summed E-state index contributed by atoms with van der Waals surface area (Å²) in [6, 6.07) is 9.80. The first-order valence-electron chi connectivity index (χ1n) is 7.96. The predicted octanol–water partition coefficient (Wildman–Crippen LogP) is 2.54. The molecule has 1 amide bonds. The van der Waals surface area contributed by atoms with Crippen LogP contribution in [0.5, 0.6) is 0 Å². The van der Waals surface area contributed by atoms with E-state index in [1.807, 2.05) is 35.2 Å². The lowest BCUT2D eigenvalue weighted by molar-refractivity contribution is -0.131. The molecule has 2 aliphatic rings. The fraction of sp³-hybridized carbons (Fsp3) is 0.471. The van der Waals surface area contributed by atoms with Crippen molar-refractivity contribution in [1.82, 2.24) is 15.0 Å². The molecule has 5 heteroatoms. The SMILES string of the molecule is O=C(C1CC1)N1CCC(Cc2noc(-c3ccccc3)n2)C1. The van der Waals surface area contributed by atoms with Crippen LogP contribution >= 0.6 is 0 Å². The van der Waals surface area contributed by atoms with E-state index in [-0.39, 0.29) is 0 Å². The fourth-order valence-corrected chi connectivity index (χ4v) is 3.08. The maximum Gasteiger partial charge on any atom is 0.257 e. The summed E-state index contributed by atoms with van der Waals surface area (Å²) in [5.41, 5.74) is 0.943. The number of benzene rings is 1. The number of carbonyl (C=O) groups excluding carboxylic acids is 1. The Morgan fingerprint density at radius 2 is 2.05 bits per heavy atom. The van der Waals surface area contributed by atoms with Gasteiger partial charge in [0.15, 0.2) is 5.82 Å². The minimum atomic E-state index is 0.314. The van der Waals surface area contributed by atoms with E-state index in [4.69, 9.17) is 4.52 Å². The van der Waals surface area contributed by atoms with Gasteiger partial charge in [0, 0.05) is 31.0 Å². The second-order valence-corrected chi connectivity index (χ2v) is 6.30. The Balaban J connectivity index is 1.38. The van der Waals surface area contributed by atoms with E-state index in [1.165, 1.54) is 0 Å². The number of hydrogen-bond acceptors (Lipinski definition) is 4. The summed E-state index contributed by atoms with van der Waals surface area (Å²) in [5, 5.41) is 4.08.